The molecule has 0 spiro atoms. The standard InChI is InChI=1S/C9H18N2/c1-9(8-10-2)11-6-4-3-5-7-11/h3-4,9-10H,5-8H2,1-2H3. The van der Waals surface area contributed by atoms with Crippen molar-refractivity contribution in [2.45, 2.75) is 19.4 Å². The van der Waals surface area contributed by atoms with E-state index in [4.69, 9.17) is 0 Å². The lowest BCUT2D eigenvalue weighted by atomic mass is 10.2. The van der Waals surface area contributed by atoms with Crippen LogP contribution < -0.4 is 5.32 Å². The van der Waals surface area contributed by atoms with E-state index in [0.29, 0.717) is 6.04 Å². The SMILES string of the molecule is CNCC(C)N1CC=CCC1. The van der Waals surface area contributed by atoms with Gasteiger partial charge in [0, 0.05) is 25.7 Å². The Morgan fingerprint density at radius 1 is 1.55 bits per heavy atom. The largest absolute Gasteiger partial charge is 0.318 e. The van der Waals surface area contributed by atoms with Gasteiger partial charge in [-0.3, -0.25) is 4.90 Å². The Balaban J connectivity index is 2.28. The van der Waals surface area contributed by atoms with Crippen LogP contribution in [0.3, 0.4) is 0 Å². The van der Waals surface area contributed by atoms with E-state index < -0.39 is 0 Å². The highest BCUT2D eigenvalue weighted by atomic mass is 15.2. The van der Waals surface area contributed by atoms with Crippen LogP contribution in [-0.4, -0.2) is 37.6 Å². The molecule has 11 heavy (non-hydrogen) atoms. The number of nitrogens with zero attached hydrogens (tertiary/aromatic N) is 1. The molecule has 64 valence electrons. The number of nitrogens with one attached hydrogen (secondary N) is 1. The minimum atomic E-state index is 0.671. The summed E-state index contributed by atoms with van der Waals surface area (Å²) >= 11 is 0. The van der Waals surface area contributed by atoms with Gasteiger partial charge in [-0.15, -0.1) is 0 Å². The van der Waals surface area contributed by atoms with Gasteiger partial charge in [0.25, 0.3) is 0 Å². The molecule has 0 saturated heterocycles. The highest BCUT2D eigenvalue weighted by Gasteiger charge is 2.12. The lowest BCUT2D eigenvalue weighted by Crippen LogP contribution is -2.41. The third kappa shape index (κ3) is 2.64. The fourth-order valence-electron chi connectivity index (χ4n) is 1.48. The van der Waals surface area contributed by atoms with Gasteiger partial charge in [0.15, 0.2) is 0 Å². The summed E-state index contributed by atoms with van der Waals surface area (Å²) in [6.07, 6.45) is 5.74. The van der Waals surface area contributed by atoms with Crippen molar-refractivity contribution >= 4 is 0 Å². The molecular weight excluding hydrogens is 136 g/mol. The fraction of sp³-hybridized carbons (Fsp3) is 0.778. The van der Waals surface area contributed by atoms with Gasteiger partial charge in [-0.1, -0.05) is 12.2 Å². The molecule has 0 fully saturated rings. The molecule has 1 N–H and O–H groups in total. The van der Waals surface area contributed by atoms with Crippen LogP contribution in [0.4, 0.5) is 0 Å². The van der Waals surface area contributed by atoms with Gasteiger partial charge in [0.05, 0.1) is 0 Å². The van der Waals surface area contributed by atoms with Crippen molar-refractivity contribution in [1.82, 2.24) is 10.2 Å². The maximum absolute atomic E-state index is 3.20. The van der Waals surface area contributed by atoms with Crippen molar-refractivity contribution in [3.05, 3.63) is 12.2 Å². The van der Waals surface area contributed by atoms with E-state index in [-0.39, 0.29) is 0 Å². The van der Waals surface area contributed by atoms with Crippen molar-refractivity contribution < 1.29 is 0 Å². The van der Waals surface area contributed by atoms with Crippen molar-refractivity contribution in [3.63, 3.8) is 0 Å². The lowest BCUT2D eigenvalue weighted by Gasteiger charge is -2.29. The van der Waals surface area contributed by atoms with E-state index in [2.05, 4.69) is 29.3 Å². The van der Waals surface area contributed by atoms with Crippen LogP contribution in [0.2, 0.25) is 0 Å². The predicted octanol–water partition coefficient (Wildman–Crippen LogP) is 0.856. The second kappa shape index (κ2) is 4.52. The molecule has 0 saturated carbocycles. The summed E-state index contributed by atoms with van der Waals surface area (Å²) < 4.78 is 0. The van der Waals surface area contributed by atoms with Crippen LogP contribution in [0.1, 0.15) is 13.3 Å². The summed E-state index contributed by atoms with van der Waals surface area (Å²) in [5.41, 5.74) is 0. The topological polar surface area (TPSA) is 15.3 Å². The molecule has 0 radical (unpaired) electrons. The van der Waals surface area contributed by atoms with Crippen molar-refractivity contribution in [1.29, 1.82) is 0 Å². The van der Waals surface area contributed by atoms with E-state index in [1.54, 1.807) is 0 Å². The minimum Gasteiger partial charge on any atom is -0.318 e. The molecule has 0 aromatic heterocycles. The Hall–Kier alpha value is -0.340. The quantitative estimate of drug-likeness (QED) is 0.606. The average Bonchev–Trinajstić information content (AvgIpc) is 2.07. The van der Waals surface area contributed by atoms with Crippen LogP contribution in [0.15, 0.2) is 12.2 Å². The normalized spacial score (nSPS) is 22.0. The van der Waals surface area contributed by atoms with E-state index in [1.807, 2.05) is 7.05 Å². The maximum atomic E-state index is 3.20. The zero-order valence-electron chi connectivity index (χ0n) is 7.51. The number of rotatable bonds is 3. The summed E-state index contributed by atoms with van der Waals surface area (Å²) in [4.78, 5) is 2.50. The predicted molar refractivity (Wildman–Crippen MR) is 48.7 cm³/mol. The Morgan fingerprint density at radius 2 is 2.36 bits per heavy atom. The number of likely N-dealkylation sites (N-methyl/N-ethyl adjacent to an activating group) is 1. The molecule has 2 heteroatoms. The summed E-state index contributed by atoms with van der Waals surface area (Å²) in [5.74, 6) is 0. The second-order valence-corrected chi connectivity index (χ2v) is 3.16. The first kappa shape index (κ1) is 8.75. The highest BCUT2D eigenvalue weighted by Crippen LogP contribution is 2.04. The lowest BCUT2D eigenvalue weighted by molar-refractivity contribution is 0.225. The second-order valence-electron chi connectivity index (χ2n) is 3.16. The molecule has 1 unspecified atom stereocenters. The van der Waals surface area contributed by atoms with Gasteiger partial charge >= 0.3 is 0 Å². The van der Waals surface area contributed by atoms with Crippen molar-refractivity contribution in [3.8, 4) is 0 Å². The van der Waals surface area contributed by atoms with Crippen LogP contribution in [0.25, 0.3) is 0 Å². The molecule has 1 aliphatic rings. The van der Waals surface area contributed by atoms with Gasteiger partial charge in [0.1, 0.15) is 0 Å². The fourth-order valence-corrected chi connectivity index (χ4v) is 1.48. The van der Waals surface area contributed by atoms with Crippen LogP contribution in [0, 0.1) is 0 Å². The first-order chi connectivity index (χ1) is 5.34. The van der Waals surface area contributed by atoms with Gasteiger partial charge < -0.3 is 5.32 Å². The van der Waals surface area contributed by atoms with Crippen LogP contribution in [0.5, 0.6) is 0 Å². The molecule has 2 nitrogen and oxygen atoms in total. The molecule has 0 aromatic carbocycles. The van der Waals surface area contributed by atoms with Gasteiger partial charge in [-0.25, -0.2) is 0 Å². The van der Waals surface area contributed by atoms with E-state index in [1.165, 1.54) is 13.0 Å². The van der Waals surface area contributed by atoms with Gasteiger partial charge in [-0.05, 0) is 20.4 Å². The molecule has 1 heterocycles. The monoisotopic (exact) mass is 154 g/mol. The molecule has 1 atom stereocenters. The molecule has 0 aromatic rings. The van der Waals surface area contributed by atoms with Gasteiger partial charge in [0.2, 0.25) is 0 Å². The maximum Gasteiger partial charge on any atom is 0.0195 e. The van der Waals surface area contributed by atoms with E-state index in [0.717, 1.165) is 13.1 Å². The Kier molecular flexibility index (Phi) is 3.60. The van der Waals surface area contributed by atoms with Crippen LogP contribution in [-0.2, 0) is 0 Å². The smallest absolute Gasteiger partial charge is 0.0195 e. The van der Waals surface area contributed by atoms with E-state index >= 15 is 0 Å². The molecule has 0 amide bonds. The van der Waals surface area contributed by atoms with Gasteiger partial charge in [-0.2, -0.15) is 0 Å². The summed E-state index contributed by atoms with van der Waals surface area (Å²) in [6, 6.07) is 0.671. The molecule has 0 bridgehead atoms. The summed E-state index contributed by atoms with van der Waals surface area (Å²) in [7, 11) is 2.01. The van der Waals surface area contributed by atoms with E-state index in [9.17, 15) is 0 Å². The molecule has 1 rings (SSSR count). The molecular formula is C9H18N2. The minimum absolute atomic E-state index is 0.671. The number of hydrogen-bond donors (Lipinski definition) is 1. The first-order valence-electron chi connectivity index (χ1n) is 4.38. The Bertz CT molecular complexity index is 132. The van der Waals surface area contributed by atoms with Crippen LogP contribution >= 0.6 is 0 Å². The third-order valence-electron chi connectivity index (χ3n) is 2.21. The molecule has 1 aliphatic heterocycles. The Labute approximate surface area is 69.3 Å². The molecule has 0 aliphatic carbocycles. The Morgan fingerprint density at radius 3 is 2.91 bits per heavy atom. The number of hydrogen-bond acceptors (Lipinski definition) is 2. The summed E-state index contributed by atoms with van der Waals surface area (Å²) in [5, 5.41) is 3.20. The zero-order valence-corrected chi connectivity index (χ0v) is 7.51. The highest BCUT2D eigenvalue weighted by molar-refractivity contribution is 4.92. The zero-order chi connectivity index (χ0) is 8.10. The van der Waals surface area contributed by atoms with Crippen molar-refractivity contribution in [2.24, 2.45) is 0 Å². The average molecular weight is 154 g/mol. The van der Waals surface area contributed by atoms with Crippen molar-refractivity contribution in [2.75, 3.05) is 26.7 Å². The third-order valence-corrected chi connectivity index (χ3v) is 2.21. The summed E-state index contributed by atoms with van der Waals surface area (Å²) in [6.45, 7) is 5.71. The first-order valence-corrected chi connectivity index (χ1v) is 4.38.